The fourth-order valence-corrected chi connectivity index (χ4v) is 4.36. The van der Waals surface area contributed by atoms with Crippen LogP contribution in [0.2, 0.25) is 0 Å². The van der Waals surface area contributed by atoms with E-state index in [1.165, 1.54) is 5.56 Å². The van der Waals surface area contributed by atoms with Crippen molar-refractivity contribution in [3.05, 3.63) is 70.3 Å². The van der Waals surface area contributed by atoms with E-state index >= 15 is 0 Å². The van der Waals surface area contributed by atoms with Crippen molar-refractivity contribution in [2.45, 2.75) is 40.2 Å². The van der Waals surface area contributed by atoms with Gasteiger partial charge >= 0.3 is 0 Å². The van der Waals surface area contributed by atoms with E-state index in [1.54, 1.807) is 30.2 Å². The third-order valence-corrected chi connectivity index (χ3v) is 6.46. The lowest BCUT2D eigenvalue weighted by Gasteiger charge is -2.28. The summed E-state index contributed by atoms with van der Waals surface area (Å²) in [5.74, 6) is -0.685. The lowest BCUT2D eigenvalue weighted by molar-refractivity contribution is -0.140. The highest BCUT2D eigenvalue weighted by Gasteiger charge is 2.45. The summed E-state index contributed by atoms with van der Waals surface area (Å²) in [6.07, 6.45) is 0.896. The molecule has 1 N–H and O–H groups in total. The Hall–Kier alpha value is -3.12. The van der Waals surface area contributed by atoms with Crippen LogP contribution in [0.5, 0.6) is 5.75 Å². The summed E-state index contributed by atoms with van der Waals surface area (Å²) in [4.78, 5) is 30.1. The van der Waals surface area contributed by atoms with Gasteiger partial charge in [-0.15, -0.1) is 0 Å². The van der Waals surface area contributed by atoms with Crippen LogP contribution in [-0.4, -0.2) is 59.9 Å². The number of rotatable bonds is 9. The van der Waals surface area contributed by atoms with Crippen molar-refractivity contribution < 1.29 is 19.4 Å². The van der Waals surface area contributed by atoms with Gasteiger partial charge in [0.05, 0.1) is 18.7 Å². The van der Waals surface area contributed by atoms with Crippen LogP contribution in [0.1, 0.15) is 49.1 Å². The molecule has 0 saturated carbocycles. The van der Waals surface area contributed by atoms with Crippen molar-refractivity contribution >= 4 is 17.4 Å². The fourth-order valence-electron chi connectivity index (χ4n) is 4.36. The molecule has 3 rings (SSSR count). The number of benzene rings is 2. The van der Waals surface area contributed by atoms with Crippen molar-refractivity contribution in [3.63, 3.8) is 0 Å². The lowest BCUT2D eigenvalue weighted by atomic mass is 9.94. The molecule has 1 amide bonds. The van der Waals surface area contributed by atoms with Crippen LogP contribution >= 0.6 is 0 Å². The number of methoxy groups -OCH3 is 1. The van der Waals surface area contributed by atoms with Gasteiger partial charge in [-0.1, -0.05) is 45.0 Å². The Morgan fingerprint density at radius 2 is 1.73 bits per heavy atom. The average molecular weight is 451 g/mol. The number of amides is 1. The van der Waals surface area contributed by atoms with Gasteiger partial charge in [-0.25, -0.2) is 0 Å². The normalized spacial score (nSPS) is 17.8. The number of Topliss-reactive ketones (excluding diaryl/α,β-unsaturated/α-hetero) is 1. The highest BCUT2D eigenvalue weighted by Crippen LogP contribution is 2.39. The van der Waals surface area contributed by atoms with Gasteiger partial charge in [0.2, 0.25) is 0 Å². The smallest absolute Gasteiger partial charge is 0.295 e. The number of hydrogen-bond donors (Lipinski definition) is 1. The number of likely N-dealkylation sites (N-methyl/N-ethyl adjacent to an activating group) is 1. The highest BCUT2D eigenvalue weighted by atomic mass is 16.5. The zero-order valence-corrected chi connectivity index (χ0v) is 20.2. The zero-order chi connectivity index (χ0) is 24.1. The van der Waals surface area contributed by atoms with Crippen molar-refractivity contribution in [1.82, 2.24) is 9.80 Å². The molecule has 0 aromatic heterocycles. The van der Waals surface area contributed by atoms with E-state index in [2.05, 4.69) is 25.7 Å². The van der Waals surface area contributed by atoms with E-state index in [0.29, 0.717) is 24.4 Å². The summed E-state index contributed by atoms with van der Waals surface area (Å²) < 4.78 is 5.32. The topological polar surface area (TPSA) is 70.1 Å². The molecular formula is C27H34N2O4. The van der Waals surface area contributed by atoms with Crippen LogP contribution in [0.3, 0.4) is 0 Å². The van der Waals surface area contributed by atoms with Crippen molar-refractivity contribution in [1.29, 1.82) is 0 Å². The monoisotopic (exact) mass is 450 g/mol. The number of aliphatic hydroxyl groups excluding tert-OH is 1. The van der Waals surface area contributed by atoms with Crippen LogP contribution in [0.25, 0.3) is 5.76 Å². The summed E-state index contributed by atoms with van der Waals surface area (Å²) >= 11 is 0. The van der Waals surface area contributed by atoms with Gasteiger partial charge in [-0.3, -0.25) is 9.59 Å². The van der Waals surface area contributed by atoms with Gasteiger partial charge in [-0.2, -0.15) is 0 Å². The van der Waals surface area contributed by atoms with E-state index in [1.807, 2.05) is 31.2 Å². The third kappa shape index (κ3) is 4.96. The first-order chi connectivity index (χ1) is 15.9. The van der Waals surface area contributed by atoms with Crippen LogP contribution in [-0.2, 0) is 16.0 Å². The molecule has 1 fully saturated rings. The third-order valence-electron chi connectivity index (χ3n) is 6.46. The van der Waals surface area contributed by atoms with Crippen LogP contribution in [0.4, 0.5) is 0 Å². The summed E-state index contributed by atoms with van der Waals surface area (Å²) in [5.41, 5.74) is 3.45. The fraction of sp³-hybridized carbons (Fsp3) is 0.407. The summed E-state index contributed by atoms with van der Waals surface area (Å²) in [7, 11) is 1.59. The van der Waals surface area contributed by atoms with Gasteiger partial charge < -0.3 is 19.6 Å². The van der Waals surface area contributed by atoms with E-state index in [9.17, 15) is 14.7 Å². The van der Waals surface area contributed by atoms with Crippen molar-refractivity contribution in [3.8, 4) is 5.75 Å². The number of aliphatic hydroxyl groups is 1. The molecule has 1 heterocycles. The first kappa shape index (κ1) is 24.5. The quantitative estimate of drug-likeness (QED) is 0.350. The molecule has 0 radical (unpaired) electrons. The predicted octanol–water partition coefficient (Wildman–Crippen LogP) is 4.33. The molecule has 2 aromatic carbocycles. The summed E-state index contributed by atoms with van der Waals surface area (Å²) in [5, 5.41) is 11.2. The second-order valence-electron chi connectivity index (χ2n) is 8.30. The number of aryl methyl sites for hydroxylation is 2. The molecule has 0 unspecified atom stereocenters. The zero-order valence-electron chi connectivity index (χ0n) is 20.2. The highest BCUT2D eigenvalue weighted by molar-refractivity contribution is 6.46. The first-order valence-corrected chi connectivity index (χ1v) is 11.6. The summed E-state index contributed by atoms with van der Waals surface area (Å²) in [6, 6.07) is 12.5. The number of likely N-dealkylation sites (tertiary alicyclic amines) is 1. The lowest BCUT2D eigenvalue weighted by Crippen LogP contribution is -2.38. The van der Waals surface area contributed by atoms with Gasteiger partial charge in [0.25, 0.3) is 11.7 Å². The van der Waals surface area contributed by atoms with Crippen LogP contribution < -0.4 is 4.74 Å². The molecule has 33 heavy (non-hydrogen) atoms. The average Bonchev–Trinajstić information content (AvgIpc) is 3.09. The van der Waals surface area contributed by atoms with Gasteiger partial charge in [0, 0.05) is 18.7 Å². The second kappa shape index (κ2) is 10.7. The van der Waals surface area contributed by atoms with Gasteiger partial charge in [-0.05, 0) is 61.3 Å². The van der Waals surface area contributed by atoms with E-state index in [0.717, 1.165) is 30.6 Å². The maximum Gasteiger partial charge on any atom is 0.295 e. The largest absolute Gasteiger partial charge is 0.507 e. The Morgan fingerprint density at radius 3 is 2.27 bits per heavy atom. The molecule has 1 atom stereocenters. The maximum absolute atomic E-state index is 13.2. The predicted molar refractivity (Wildman–Crippen MR) is 130 cm³/mol. The van der Waals surface area contributed by atoms with Crippen LogP contribution in [0, 0.1) is 6.92 Å². The van der Waals surface area contributed by atoms with Crippen molar-refractivity contribution in [2.24, 2.45) is 0 Å². The molecule has 1 aliphatic rings. The molecular weight excluding hydrogens is 416 g/mol. The number of carbonyl (C=O) groups excluding carboxylic acids is 2. The minimum atomic E-state index is -0.648. The Kier molecular flexibility index (Phi) is 7.92. The van der Waals surface area contributed by atoms with Crippen molar-refractivity contribution in [2.75, 3.05) is 33.3 Å². The Balaban J connectivity index is 2.10. The van der Waals surface area contributed by atoms with E-state index in [4.69, 9.17) is 4.74 Å². The molecule has 0 spiro atoms. The number of carbonyl (C=O) groups is 2. The molecule has 1 aliphatic heterocycles. The maximum atomic E-state index is 13.2. The van der Waals surface area contributed by atoms with E-state index in [-0.39, 0.29) is 11.3 Å². The standard InChI is InChI=1S/C27H34N2O4/c1-6-19-9-11-20(12-10-19)24-23(25(30)21-13-14-22(33-5)18(4)17-21)26(31)27(32)29(24)16-15-28(7-2)8-3/h9-14,17,24,30H,6-8,15-16H2,1-5H3/b25-23+/t24-/m1/s1. The molecule has 176 valence electrons. The number of nitrogens with zero attached hydrogens (tertiary/aromatic N) is 2. The number of ketones is 1. The van der Waals surface area contributed by atoms with Gasteiger partial charge in [0.15, 0.2) is 0 Å². The summed E-state index contributed by atoms with van der Waals surface area (Å²) in [6.45, 7) is 10.9. The number of hydrogen-bond acceptors (Lipinski definition) is 5. The molecule has 0 aliphatic carbocycles. The first-order valence-electron chi connectivity index (χ1n) is 11.6. The molecule has 6 nitrogen and oxygen atoms in total. The minimum absolute atomic E-state index is 0.133. The van der Waals surface area contributed by atoms with Gasteiger partial charge in [0.1, 0.15) is 11.5 Å². The Morgan fingerprint density at radius 1 is 1.06 bits per heavy atom. The second-order valence-corrected chi connectivity index (χ2v) is 8.30. The van der Waals surface area contributed by atoms with E-state index < -0.39 is 17.7 Å². The molecule has 1 saturated heterocycles. The SMILES string of the molecule is CCc1ccc([C@@H]2/C(=C(\O)c3ccc(OC)c(C)c3)C(=O)C(=O)N2CCN(CC)CC)cc1. The Bertz CT molecular complexity index is 1040. The molecule has 0 bridgehead atoms. The minimum Gasteiger partial charge on any atom is -0.507 e. The molecule has 6 heteroatoms. The number of ether oxygens (including phenoxy) is 1. The Labute approximate surface area is 196 Å². The van der Waals surface area contributed by atoms with Crippen LogP contribution in [0.15, 0.2) is 48.0 Å². The molecule has 2 aromatic rings.